The number of benzene rings is 1. The molecule has 3 heteroatoms. The molecule has 0 bridgehead atoms. The van der Waals surface area contributed by atoms with Crippen LogP contribution in [-0.4, -0.2) is 17.3 Å². The molecule has 0 spiro atoms. The predicted molar refractivity (Wildman–Crippen MR) is 65.4 cm³/mol. The van der Waals surface area contributed by atoms with E-state index in [9.17, 15) is 5.11 Å². The number of hydrogen-bond donors (Lipinski definition) is 2. The Labute approximate surface area is 96.7 Å². The van der Waals surface area contributed by atoms with Crippen molar-refractivity contribution in [3.05, 3.63) is 28.8 Å². The molecule has 0 saturated carbocycles. The van der Waals surface area contributed by atoms with Crippen molar-refractivity contribution in [3.8, 4) is 6.07 Å². The van der Waals surface area contributed by atoms with Crippen molar-refractivity contribution in [2.75, 3.05) is 11.9 Å². The number of nitrogens with zero attached hydrogens (tertiary/aromatic N) is 1. The SMILES string of the molecule is Cc1c(C#N)ccc(NC(C)(C)CO)c1C. The summed E-state index contributed by atoms with van der Waals surface area (Å²) in [6, 6.07) is 5.85. The first kappa shape index (κ1) is 12.5. The van der Waals surface area contributed by atoms with Gasteiger partial charge in [0.25, 0.3) is 0 Å². The smallest absolute Gasteiger partial charge is 0.0994 e. The summed E-state index contributed by atoms with van der Waals surface area (Å²) < 4.78 is 0. The number of nitrogens with one attached hydrogen (secondary N) is 1. The fourth-order valence-corrected chi connectivity index (χ4v) is 1.48. The molecule has 2 N–H and O–H groups in total. The first-order chi connectivity index (χ1) is 7.41. The molecule has 0 amide bonds. The average molecular weight is 218 g/mol. The second-order valence-corrected chi connectivity index (χ2v) is 4.69. The summed E-state index contributed by atoms with van der Waals surface area (Å²) in [4.78, 5) is 0. The highest BCUT2D eigenvalue weighted by atomic mass is 16.3. The molecular formula is C13H18N2O. The molecule has 86 valence electrons. The lowest BCUT2D eigenvalue weighted by atomic mass is 10.00. The first-order valence-electron chi connectivity index (χ1n) is 5.30. The number of aliphatic hydroxyl groups excluding tert-OH is 1. The van der Waals surface area contributed by atoms with Crippen LogP contribution in [0.15, 0.2) is 12.1 Å². The van der Waals surface area contributed by atoms with Gasteiger partial charge in [-0.3, -0.25) is 0 Å². The Balaban J connectivity index is 3.10. The highest BCUT2D eigenvalue weighted by Crippen LogP contribution is 2.24. The predicted octanol–water partition coefficient (Wildman–Crippen LogP) is 2.36. The quantitative estimate of drug-likeness (QED) is 0.818. The summed E-state index contributed by atoms with van der Waals surface area (Å²) in [5, 5.41) is 21.4. The number of nitriles is 1. The van der Waals surface area contributed by atoms with Crippen molar-refractivity contribution in [2.45, 2.75) is 33.2 Å². The number of hydrogen-bond acceptors (Lipinski definition) is 3. The van der Waals surface area contributed by atoms with Gasteiger partial charge >= 0.3 is 0 Å². The van der Waals surface area contributed by atoms with Crippen LogP contribution in [0.4, 0.5) is 5.69 Å². The molecule has 0 fully saturated rings. The van der Waals surface area contributed by atoms with Gasteiger partial charge in [0.2, 0.25) is 0 Å². The standard InChI is InChI=1S/C13H18N2O/c1-9-10(2)12(6-5-11(9)7-14)15-13(3,4)8-16/h5-6,15-16H,8H2,1-4H3. The molecule has 0 aliphatic rings. The number of anilines is 1. The van der Waals surface area contributed by atoms with E-state index in [4.69, 9.17) is 5.26 Å². The van der Waals surface area contributed by atoms with Gasteiger partial charge < -0.3 is 10.4 Å². The zero-order valence-corrected chi connectivity index (χ0v) is 10.3. The molecule has 1 rings (SSSR count). The van der Waals surface area contributed by atoms with Gasteiger partial charge in [-0.05, 0) is 51.0 Å². The molecule has 1 aromatic carbocycles. The summed E-state index contributed by atoms with van der Waals surface area (Å²) in [7, 11) is 0. The fraction of sp³-hybridized carbons (Fsp3) is 0.462. The van der Waals surface area contributed by atoms with Gasteiger partial charge in [-0.25, -0.2) is 0 Å². The van der Waals surface area contributed by atoms with Gasteiger partial charge in [-0.15, -0.1) is 0 Å². The molecule has 0 aliphatic heterocycles. The molecule has 0 unspecified atom stereocenters. The van der Waals surface area contributed by atoms with Gasteiger partial charge in [-0.1, -0.05) is 0 Å². The Morgan fingerprint density at radius 1 is 1.31 bits per heavy atom. The second kappa shape index (κ2) is 4.54. The summed E-state index contributed by atoms with van der Waals surface area (Å²) in [6.45, 7) is 7.84. The van der Waals surface area contributed by atoms with Crippen molar-refractivity contribution in [3.63, 3.8) is 0 Å². The van der Waals surface area contributed by atoms with Crippen molar-refractivity contribution < 1.29 is 5.11 Å². The highest BCUT2D eigenvalue weighted by molar-refractivity contribution is 5.59. The maximum Gasteiger partial charge on any atom is 0.0994 e. The van der Waals surface area contributed by atoms with E-state index in [1.165, 1.54) is 0 Å². The molecule has 3 nitrogen and oxygen atoms in total. The van der Waals surface area contributed by atoms with Crippen molar-refractivity contribution in [1.82, 2.24) is 0 Å². The number of aliphatic hydroxyl groups is 1. The lowest BCUT2D eigenvalue weighted by Gasteiger charge is -2.26. The van der Waals surface area contributed by atoms with Gasteiger partial charge in [0.1, 0.15) is 0 Å². The van der Waals surface area contributed by atoms with Gasteiger partial charge in [0.05, 0.1) is 23.8 Å². The van der Waals surface area contributed by atoms with Crippen LogP contribution < -0.4 is 5.32 Å². The van der Waals surface area contributed by atoms with E-state index in [0.717, 1.165) is 16.8 Å². The molecule has 1 aromatic rings. The minimum Gasteiger partial charge on any atom is -0.394 e. The first-order valence-corrected chi connectivity index (χ1v) is 5.30. The average Bonchev–Trinajstić information content (AvgIpc) is 2.25. The second-order valence-electron chi connectivity index (χ2n) is 4.69. The minimum atomic E-state index is -0.356. The van der Waals surface area contributed by atoms with Crippen molar-refractivity contribution in [1.29, 1.82) is 5.26 Å². The number of rotatable bonds is 3. The lowest BCUT2D eigenvalue weighted by Crippen LogP contribution is -2.35. The Morgan fingerprint density at radius 2 is 1.94 bits per heavy atom. The van der Waals surface area contributed by atoms with Gasteiger partial charge in [0, 0.05) is 5.69 Å². The van der Waals surface area contributed by atoms with Crippen LogP contribution in [0.5, 0.6) is 0 Å². The minimum absolute atomic E-state index is 0.0610. The molecule has 0 aromatic heterocycles. The van der Waals surface area contributed by atoms with Crippen LogP contribution >= 0.6 is 0 Å². The molecule has 0 heterocycles. The van der Waals surface area contributed by atoms with Crippen LogP contribution in [0.3, 0.4) is 0 Å². The summed E-state index contributed by atoms with van der Waals surface area (Å²) in [5.74, 6) is 0. The fourth-order valence-electron chi connectivity index (χ4n) is 1.48. The van der Waals surface area contributed by atoms with E-state index < -0.39 is 0 Å². The third-order valence-corrected chi connectivity index (χ3v) is 2.78. The van der Waals surface area contributed by atoms with Crippen molar-refractivity contribution in [2.24, 2.45) is 0 Å². The van der Waals surface area contributed by atoms with Crippen LogP contribution in [0.1, 0.15) is 30.5 Å². The van der Waals surface area contributed by atoms with Crippen molar-refractivity contribution >= 4 is 5.69 Å². The van der Waals surface area contributed by atoms with E-state index in [1.807, 2.05) is 33.8 Å². The van der Waals surface area contributed by atoms with E-state index in [1.54, 1.807) is 6.07 Å². The Morgan fingerprint density at radius 3 is 2.44 bits per heavy atom. The highest BCUT2D eigenvalue weighted by Gasteiger charge is 2.17. The molecular weight excluding hydrogens is 200 g/mol. The molecule has 0 atom stereocenters. The third kappa shape index (κ3) is 2.53. The maximum absolute atomic E-state index is 9.20. The van der Waals surface area contributed by atoms with E-state index in [-0.39, 0.29) is 12.1 Å². The van der Waals surface area contributed by atoms with Gasteiger partial charge in [-0.2, -0.15) is 5.26 Å². The lowest BCUT2D eigenvalue weighted by molar-refractivity contribution is 0.234. The Hall–Kier alpha value is -1.53. The molecule has 0 saturated heterocycles. The summed E-state index contributed by atoms with van der Waals surface area (Å²) >= 11 is 0. The van der Waals surface area contributed by atoms with E-state index in [2.05, 4.69) is 11.4 Å². The summed E-state index contributed by atoms with van der Waals surface area (Å²) in [6.07, 6.45) is 0. The zero-order chi connectivity index (χ0) is 12.3. The van der Waals surface area contributed by atoms with Crippen LogP contribution in [0.25, 0.3) is 0 Å². The monoisotopic (exact) mass is 218 g/mol. The molecule has 16 heavy (non-hydrogen) atoms. The van der Waals surface area contributed by atoms with Gasteiger partial charge in [0.15, 0.2) is 0 Å². The Kier molecular flexibility index (Phi) is 3.56. The summed E-state index contributed by atoms with van der Waals surface area (Å²) in [5.41, 5.74) is 3.35. The third-order valence-electron chi connectivity index (χ3n) is 2.78. The van der Waals surface area contributed by atoms with Crippen LogP contribution in [0.2, 0.25) is 0 Å². The van der Waals surface area contributed by atoms with Crippen LogP contribution in [-0.2, 0) is 0 Å². The van der Waals surface area contributed by atoms with E-state index in [0.29, 0.717) is 5.56 Å². The van der Waals surface area contributed by atoms with E-state index >= 15 is 0 Å². The largest absolute Gasteiger partial charge is 0.394 e. The Bertz CT molecular complexity index is 430. The molecule has 0 aliphatic carbocycles. The zero-order valence-electron chi connectivity index (χ0n) is 10.3. The topological polar surface area (TPSA) is 56.0 Å². The maximum atomic E-state index is 9.20. The normalized spacial score (nSPS) is 11.0. The van der Waals surface area contributed by atoms with Crippen LogP contribution in [0, 0.1) is 25.2 Å². The molecule has 0 radical (unpaired) electrons.